The Labute approximate surface area is 190 Å². The molecular weight excluding hydrogens is 449 g/mol. The van der Waals surface area contributed by atoms with E-state index in [0.29, 0.717) is 43.7 Å². The zero-order valence-corrected chi connectivity index (χ0v) is 18.7. The van der Waals surface area contributed by atoms with Gasteiger partial charge < -0.3 is 10.1 Å². The van der Waals surface area contributed by atoms with Gasteiger partial charge in [0.25, 0.3) is 0 Å². The van der Waals surface area contributed by atoms with Crippen molar-refractivity contribution < 1.29 is 22.3 Å². The summed E-state index contributed by atoms with van der Waals surface area (Å²) in [5.41, 5.74) is 0.278. The minimum absolute atomic E-state index is 0.0644. The highest BCUT2D eigenvalue weighted by atomic mass is 32.2. The molecule has 11 heteroatoms. The molecule has 1 saturated carbocycles. The maximum Gasteiger partial charge on any atom is 0.250 e. The molecule has 1 unspecified atom stereocenters. The third-order valence-electron chi connectivity index (χ3n) is 6.22. The number of hydrogen-bond acceptors (Lipinski definition) is 7. The highest BCUT2D eigenvalue weighted by Gasteiger charge is 2.39. The van der Waals surface area contributed by atoms with E-state index in [1.807, 2.05) is 0 Å². The number of nitrogens with zero attached hydrogens (tertiary/aromatic N) is 4. The van der Waals surface area contributed by atoms with Crippen LogP contribution in [-0.4, -0.2) is 52.5 Å². The molecule has 174 valence electrons. The topological polar surface area (TPSA) is 116 Å². The fourth-order valence-corrected chi connectivity index (χ4v) is 6.17. The molecule has 1 aromatic carbocycles. The van der Waals surface area contributed by atoms with Crippen LogP contribution in [0.2, 0.25) is 0 Å². The largest absolute Gasteiger partial charge is 0.381 e. The first-order chi connectivity index (χ1) is 15.9. The molecule has 1 saturated heterocycles. The van der Waals surface area contributed by atoms with Crippen LogP contribution in [0, 0.1) is 11.7 Å². The third-order valence-corrected chi connectivity index (χ3v) is 8.52. The van der Waals surface area contributed by atoms with Crippen LogP contribution in [0.25, 0.3) is 10.9 Å². The third kappa shape index (κ3) is 4.47. The Morgan fingerprint density at radius 2 is 1.97 bits per heavy atom. The van der Waals surface area contributed by atoms with Crippen LogP contribution in [0.1, 0.15) is 38.1 Å². The van der Waals surface area contributed by atoms with Crippen LogP contribution in [0.3, 0.4) is 0 Å². The predicted molar refractivity (Wildman–Crippen MR) is 118 cm³/mol. The predicted octanol–water partition coefficient (Wildman–Crippen LogP) is 2.90. The van der Waals surface area contributed by atoms with Crippen molar-refractivity contribution in [2.24, 2.45) is 5.92 Å². The Morgan fingerprint density at radius 3 is 2.67 bits per heavy atom. The van der Waals surface area contributed by atoms with Crippen LogP contribution in [-0.2, 0) is 19.4 Å². The number of halogens is 1. The van der Waals surface area contributed by atoms with Gasteiger partial charge in [0.05, 0.1) is 28.1 Å². The van der Waals surface area contributed by atoms with Gasteiger partial charge in [-0.1, -0.05) is 0 Å². The average Bonchev–Trinajstić information content (AvgIpc) is 3.60. The van der Waals surface area contributed by atoms with E-state index in [0.717, 1.165) is 18.9 Å². The molecule has 2 fully saturated rings. The molecule has 1 aliphatic heterocycles. The summed E-state index contributed by atoms with van der Waals surface area (Å²) in [4.78, 5) is 21.3. The number of fused-ring (bicyclic) bond motifs is 1. The summed E-state index contributed by atoms with van der Waals surface area (Å²) >= 11 is 0. The molecule has 1 atom stereocenters. The smallest absolute Gasteiger partial charge is 0.250 e. The van der Waals surface area contributed by atoms with Crippen LogP contribution < -0.4 is 5.32 Å². The molecule has 1 N–H and O–H groups in total. The van der Waals surface area contributed by atoms with Gasteiger partial charge >= 0.3 is 0 Å². The Morgan fingerprint density at radius 1 is 1.18 bits per heavy atom. The molecule has 0 spiro atoms. The van der Waals surface area contributed by atoms with Crippen molar-refractivity contribution in [2.45, 2.75) is 48.3 Å². The van der Waals surface area contributed by atoms with Crippen molar-refractivity contribution in [1.82, 2.24) is 19.7 Å². The van der Waals surface area contributed by atoms with Crippen LogP contribution in [0.15, 0.2) is 41.8 Å². The minimum atomic E-state index is -3.65. The van der Waals surface area contributed by atoms with Gasteiger partial charge in [0.15, 0.2) is 15.7 Å². The normalized spacial score (nSPS) is 18.3. The molecule has 3 heterocycles. The Kier molecular flexibility index (Phi) is 5.83. The molecule has 0 bridgehead atoms. The maximum atomic E-state index is 14.6. The zero-order valence-electron chi connectivity index (χ0n) is 17.9. The van der Waals surface area contributed by atoms with Gasteiger partial charge in [-0.15, -0.1) is 0 Å². The zero-order chi connectivity index (χ0) is 23.0. The first-order valence-electron chi connectivity index (χ1n) is 11.0. The van der Waals surface area contributed by atoms with Crippen molar-refractivity contribution in [3.63, 3.8) is 0 Å². The number of nitrogens with one attached hydrogen (secondary N) is 1. The Balaban J connectivity index is 1.55. The number of amides is 1. The van der Waals surface area contributed by atoms with Crippen molar-refractivity contribution in [1.29, 1.82) is 0 Å². The molecular formula is C22H24FN5O4S. The summed E-state index contributed by atoms with van der Waals surface area (Å²) in [5, 5.41) is 6.98. The van der Waals surface area contributed by atoms with Gasteiger partial charge in [0.1, 0.15) is 11.9 Å². The van der Waals surface area contributed by atoms with Crippen molar-refractivity contribution >= 4 is 32.5 Å². The number of anilines is 1. The molecule has 1 amide bonds. The standard InChI is InChI=1S/C22H24FN5O4S/c23-15-10-18-17(20(11-15)33(30,31)16-1-2-16)12-26-28(18)19(9-14-3-7-32-8-4-14)22(29)27-21-13-24-5-6-25-21/h5-6,10-14,16,19H,1-4,7-9H2,(H,25,27,29). The molecule has 1 aliphatic carbocycles. The fourth-order valence-electron chi connectivity index (χ4n) is 4.31. The maximum absolute atomic E-state index is 14.6. The highest BCUT2D eigenvalue weighted by Crippen LogP contribution is 2.38. The van der Waals surface area contributed by atoms with E-state index >= 15 is 0 Å². The minimum Gasteiger partial charge on any atom is -0.381 e. The van der Waals surface area contributed by atoms with Crippen LogP contribution in [0.4, 0.5) is 10.2 Å². The second-order valence-electron chi connectivity index (χ2n) is 8.56. The molecule has 5 rings (SSSR count). The quantitative estimate of drug-likeness (QED) is 0.561. The summed E-state index contributed by atoms with van der Waals surface area (Å²) in [6, 6.07) is 1.50. The molecule has 2 aliphatic rings. The highest BCUT2D eigenvalue weighted by molar-refractivity contribution is 7.92. The van der Waals surface area contributed by atoms with Gasteiger partial charge in [-0.05, 0) is 50.2 Å². The number of rotatable bonds is 7. The van der Waals surface area contributed by atoms with E-state index in [-0.39, 0.29) is 22.2 Å². The Hall–Kier alpha value is -2.92. The molecule has 9 nitrogen and oxygen atoms in total. The van der Waals surface area contributed by atoms with Gasteiger partial charge in [-0.25, -0.2) is 17.8 Å². The summed E-state index contributed by atoms with van der Waals surface area (Å²) in [6.07, 6.45) is 9.00. The van der Waals surface area contributed by atoms with Crippen molar-refractivity contribution in [3.8, 4) is 0 Å². The fraction of sp³-hybridized carbons (Fsp3) is 0.455. The summed E-state index contributed by atoms with van der Waals surface area (Å²) in [6.45, 7) is 1.23. The van der Waals surface area contributed by atoms with E-state index in [4.69, 9.17) is 4.74 Å². The monoisotopic (exact) mass is 473 g/mol. The second-order valence-corrected chi connectivity index (χ2v) is 10.8. The van der Waals surface area contributed by atoms with Crippen molar-refractivity contribution in [2.75, 3.05) is 18.5 Å². The van der Waals surface area contributed by atoms with E-state index < -0.39 is 26.9 Å². The van der Waals surface area contributed by atoms with E-state index in [1.165, 1.54) is 35.5 Å². The first-order valence-corrected chi connectivity index (χ1v) is 12.5. The lowest BCUT2D eigenvalue weighted by atomic mass is 9.92. The number of carbonyl (C=O) groups excluding carboxylic acids is 1. The van der Waals surface area contributed by atoms with Crippen LogP contribution in [0.5, 0.6) is 0 Å². The number of benzene rings is 1. The summed E-state index contributed by atoms with van der Waals surface area (Å²) in [7, 11) is -3.65. The lowest BCUT2D eigenvalue weighted by Crippen LogP contribution is -2.30. The first kappa shape index (κ1) is 21.9. The molecule has 3 aromatic rings. The Bertz CT molecular complexity index is 1270. The number of sulfone groups is 1. The van der Waals surface area contributed by atoms with E-state index in [2.05, 4.69) is 20.4 Å². The SMILES string of the molecule is O=C(Nc1cnccn1)C(CC1CCOCC1)n1ncc2c(S(=O)(=O)C3CC3)cc(F)cc21. The van der Waals surface area contributed by atoms with Crippen LogP contribution >= 0.6 is 0 Å². The average molecular weight is 474 g/mol. The molecule has 2 aromatic heterocycles. The number of aromatic nitrogens is 4. The number of hydrogen-bond donors (Lipinski definition) is 1. The van der Waals surface area contributed by atoms with Crippen molar-refractivity contribution in [3.05, 3.63) is 42.7 Å². The summed E-state index contributed by atoms with van der Waals surface area (Å²) in [5.74, 6) is -0.552. The lowest BCUT2D eigenvalue weighted by molar-refractivity contribution is -0.120. The van der Waals surface area contributed by atoms with Gasteiger partial charge in [-0.3, -0.25) is 14.5 Å². The molecule has 0 radical (unpaired) electrons. The second kappa shape index (κ2) is 8.79. The summed E-state index contributed by atoms with van der Waals surface area (Å²) < 4.78 is 47.3. The van der Waals surface area contributed by atoms with Gasteiger partial charge in [0.2, 0.25) is 5.91 Å². The van der Waals surface area contributed by atoms with E-state index in [1.54, 1.807) is 0 Å². The van der Waals surface area contributed by atoms with E-state index in [9.17, 15) is 17.6 Å². The van der Waals surface area contributed by atoms with Gasteiger partial charge in [0, 0.05) is 31.0 Å². The lowest BCUT2D eigenvalue weighted by Gasteiger charge is -2.26. The molecule has 33 heavy (non-hydrogen) atoms. The number of carbonyl (C=O) groups is 1. The number of ether oxygens (including phenoxy) is 1. The van der Waals surface area contributed by atoms with Gasteiger partial charge in [-0.2, -0.15) is 5.10 Å².